The Morgan fingerprint density at radius 3 is 2.44 bits per heavy atom. The number of aromatic nitrogens is 2. The lowest BCUT2D eigenvalue weighted by Gasteiger charge is -2.15. The molecule has 2 aromatic carbocycles. The van der Waals surface area contributed by atoms with Crippen LogP contribution >= 0.6 is 24.0 Å². The standard InChI is InChI=1S/C25H33N5O.HI/c1-21(23-12-7-4-8-13-23)31-19-9-15-28-25(26-2)29-16-14-24-27-17-18-30(24)20-22-10-5-3-6-11-22;/h3-8,10-13,17-18,21H,9,14-16,19-20H2,1-2H3,(H2,26,28,29);1H. The van der Waals surface area contributed by atoms with E-state index in [9.17, 15) is 0 Å². The molecule has 1 heterocycles. The molecule has 0 spiro atoms. The van der Waals surface area contributed by atoms with E-state index in [1.807, 2.05) is 36.7 Å². The Kier molecular flexibility index (Phi) is 11.8. The van der Waals surface area contributed by atoms with Gasteiger partial charge >= 0.3 is 0 Å². The summed E-state index contributed by atoms with van der Waals surface area (Å²) in [5.41, 5.74) is 2.48. The van der Waals surface area contributed by atoms with Gasteiger partial charge in [0, 0.05) is 52.1 Å². The van der Waals surface area contributed by atoms with E-state index in [0.717, 1.165) is 44.3 Å². The molecule has 0 bridgehead atoms. The minimum absolute atomic E-state index is 0. The van der Waals surface area contributed by atoms with Crippen LogP contribution in [-0.2, 0) is 17.7 Å². The van der Waals surface area contributed by atoms with Gasteiger partial charge in [0.15, 0.2) is 5.96 Å². The molecule has 0 aliphatic heterocycles. The number of hydrogen-bond acceptors (Lipinski definition) is 3. The summed E-state index contributed by atoms with van der Waals surface area (Å²) in [7, 11) is 1.79. The van der Waals surface area contributed by atoms with Crippen molar-refractivity contribution in [3.05, 3.63) is 90.0 Å². The van der Waals surface area contributed by atoms with Crippen LogP contribution in [0.3, 0.4) is 0 Å². The Hall–Kier alpha value is -2.39. The van der Waals surface area contributed by atoms with E-state index in [4.69, 9.17) is 4.74 Å². The normalized spacial score (nSPS) is 12.1. The van der Waals surface area contributed by atoms with Crippen LogP contribution in [0.1, 0.15) is 36.4 Å². The Balaban J connectivity index is 0.00000363. The van der Waals surface area contributed by atoms with Crippen LogP contribution in [0.15, 0.2) is 78.0 Å². The average molecular weight is 547 g/mol. The highest BCUT2D eigenvalue weighted by Gasteiger charge is 2.06. The summed E-state index contributed by atoms with van der Waals surface area (Å²) in [6.45, 7) is 5.21. The van der Waals surface area contributed by atoms with Gasteiger partial charge in [-0.15, -0.1) is 24.0 Å². The van der Waals surface area contributed by atoms with Crippen molar-refractivity contribution in [2.75, 3.05) is 26.7 Å². The number of nitrogens with one attached hydrogen (secondary N) is 2. The maximum absolute atomic E-state index is 5.92. The molecule has 0 amide bonds. The van der Waals surface area contributed by atoms with Crippen LogP contribution in [0.2, 0.25) is 0 Å². The number of ether oxygens (including phenoxy) is 1. The van der Waals surface area contributed by atoms with Crippen molar-refractivity contribution >= 4 is 29.9 Å². The minimum atomic E-state index is 0. The molecule has 1 atom stereocenters. The third kappa shape index (κ3) is 8.63. The summed E-state index contributed by atoms with van der Waals surface area (Å²) in [6.07, 6.45) is 5.75. The molecular weight excluding hydrogens is 513 g/mol. The highest BCUT2D eigenvalue weighted by molar-refractivity contribution is 14.0. The smallest absolute Gasteiger partial charge is 0.190 e. The lowest BCUT2D eigenvalue weighted by Crippen LogP contribution is -2.39. The van der Waals surface area contributed by atoms with E-state index in [1.165, 1.54) is 11.1 Å². The first kappa shape index (κ1) is 25.9. The first-order valence-electron chi connectivity index (χ1n) is 10.9. The van der Waals surface area contributed by atoms with Crippen molar-refractivity contribution in [1.29, 1.82) is 0 Å². The molecule has 32 heavy (non-hydrogen) atoms. The van der Waals surface area contributed by atoms with E-state index in [-0.39, 0.29) is 30.1 Å². The summed E-state index contributed by atoms with van der Waals surface area (Å²) in [6, 6.07) is 20.7. The van der Waals surface area contributed by atoms with Gasteiger partial charge in [-0.3, -0.25) is 4.99 Å². The Bertz CT molecular complexity index is 914. The number of aliphatic imine (C=N–C) groups is 1. The second kappa shape index (κ2) is 14.6. The van der Waals surface area contributed by atoms with E-state index in [1.54, 1.807) is 7.05 Å². The Morgan fingerprint density at radius 2 is 1.72 bits per heavy atom. The van der Waals surface area contributed by atoms with Crippen LogP contribution in [0.4, 0.5) is 0 Å². The number of rotatable bonds is 11. The van der Waals surface area contributed by atoms with Crippen molar-refractivity contribution < 1.29 is 4.74 Å². The fourth-order valence-electron chi connectivity index (χ4n) is 3.36. The highest BCUT2D eigenvalue weighted by Crippen LogP contribution is 2.15. The molecule has 0 radical (unpaired) electrons. The van der Waals surface area contributed by atoms with Crippen molar-refractivity contribution in [2.24, 2.45) is 4.99 Å². The summed E-state index contributed by atoms with van der Waals surface area (Å²) >= 11 is 0. The van der Waals surface area contributed by atoms with Gasteiger partial charge < -0.3 is 19.9 Å². The zero-order chi connectivity index (χ0) is 21.7. The third-order valence-electron chi connectivity index (χ3n) is 5.11. The fourth-order valence-corrected chi connectivity index (χ4v) is 3.36. The van der Waals surface area contributed by atoms with E-state index < -0.39 is 0 Å². The van der Waals surface area contributed by atoms with Gasteiger partial charge in [-0.1, -0.05) is 60.7 Å². The first-order valence-corrected chi connectivity index (χ1v) is 10.9. The van der Waals surface area contributed by atoms with Crippen molar-refractivity contribution in [2.45, 2.75) is 32.4 Å². The molecule has 3 aromatic rings. The van der Waals surface area contributed by atoms with Crippen LogP contribution in [0, 0.1) is 0 Å². The van der Waals surface area contributed by atoms with Gasteiger partial charge in [0.05, 0.1) is 6.10 Å². The lowest BCUT2D eigenvalue weighted by molar-refractivity contribution is 0.0646. The largest absolute Gasteiger partial charge is 0.374 e. The lowest BCUT2D eigenvalue weighted by atomic mass is 10.1. The predicted octanol–water partition coefficient (Wildman–Crippen LogP) is 4.42. The quantitative estimate of drug-likeness (QED) is 0.162. The molecule has 0 aliphatic carbocycles. The van der Waals surface area contributed by atoms with Gasteiger partial charge in [-0.05, 0) is 24.5 Å². The van der Waals surface area contributed by atoms with Gasteiger partial charge in [-0.25, -0.2) is 4.98 Å². The maximum atomic E-state index is 5.92. The summed E-state index contributed by atoms with van der Waals surface area (Å²) in [5, 5.41) is 6.72. The summed E-state index contributed by atoms with van der Waals surface area (Å²) in [5.74, 6) is 1.87. The van der Waals surface area contributed by atoms with Crippen molar-refractivity contribution in [1.82, 2.24) is 20.2 Å². The topological polar surface area (TPSA) is 63.5 Å². The van der Waals surface area contributed by atoms with E-state index in [2.05, 4.69) is 68.5 Å². The zero-order valence-corrected chi connectivity index (χ0v) is 21.2. The van der Waals surface area contributed by atoms with Gasteiger partial charge in [0.1, 0.15) is 5.82 Å². The van der Waals surface area contributed by atoms with Crippen LogP contribution in [-0.4, -0.2) is 42.3 Å². The molecule has 0 fully saturated rings. The Labute approximate surface area is 208 Å². The monoisotopic (exact) mass is 547 g/mol. The molecule has 1 aromatic heterocycles. The van der Waals surface area contributed by atoms with Crippen LogP contribution in [0.5, 0.6) is 0 Å². The van der Waals surface area contributed by atoms with Crippen molar-refractivity contribution in [3.63, 3.8) is 0 Å². The van der Waals surface area contributed by atoms with Crippen molar-refractivity contribution in [3.8, 4) is 0 Å². The molecule has 2 N–H and O–H groups in total. The second-order valence-electron chi connectivity index (χ2n) is 7.41. The predicted molar refractivity (Wildman–Crippen MR) is 142 cm³/mol. The minimum Gasteiger partial charge on any atom is -0.374 e. The Morgan fingerprint density at radius 1 is 1.03 bits per heavy atom. The summed E-state index contributed by atoms with van der Waals surface area (Å²) < 4.78 is 8.12. The van der Waals surface area contributed by atoms with E-state index in [0.29, 0.717) is 6.61 Å². The van der Waals surface area contributed by atoms with Crippen LogP contribution < -0.4 is 10.6 Å². The number of nitrogens with zero attached hydrogens (tertiary/aromatic N) is 3. The third-order valence-corrected chi connectivity index (χ3v) is 5.11. The molecule has 1 unspecified atom stereocenters. The van der Waals surface area contributed by atoms with Gasteiger partial charge in [0.25, 0.3) is 0 Å². The maximum Gasteiger partial charge on any atom is 0.190 e. The molecule has 0 saturated heterocycles. The molecule has 172 valence electrons. The summed E-state index contributed by atoms with van der Waals surface area (Å²) in [4.78, 5) is 8.81. The number of guanidine groups is 1. The zero-order valence-electron chi connectivity index (χ0n) is 18.9. The molecular formula is C25H34IN5O. The first-order chi connectivity index (χ1) is 15.3. The number of benzene rings is 2. The molecule has 0 saturated carbocycles. The van der Waals surface area contributed by atoms with Gasteiger partial charge in [-0.2, -0.15) is 0 Å². The fraction of sp³-hybridized carbons (Fsp3) is 0.360. The molecule has 3 rings (SSSR count). The molecule has 0 aliphatic rings. The molecule has 7 heteroatoms. The number of imidazole rings is 1. The van der Waals surface area contributed by atoms with E-state index >= 15 is 0 Å². The number of hydrogen-bond donors (Lipinski definition) is 2. The van der Waals surface area contributed by atoms with Crippen LogP contribution in [0.25, 0.3) is 0 Å². The second-order valence-corrected chi connectivity index (χ2v) is 7.41. The highest BCUT2D eigenvalue weighted by atomic mass is 127. The average Bonchev–Trinajstić information content (AvgIpc) is 3.25. The molecule has 6 nitrogen and oxygen atoms in total. The SMILES string of the molecule is CN=C(NCCCOC(C)c1ccccc1)NCCc1nccn1Cc1ccccc1.I. The van der Waals surface area contributed by atoms with Gasteiger partial charge in [0.2, 0.25) is 0 Å². The number of halogens is 1.